The SMILES string of the molecule is COc1ccc(-c2c(C(=O)O)nnn2CCC(C)C)cc1N. The van der Waals surface area contributed by atoms with Gasteiger partial charge in [0.25, 0.3) is 0 Å². The molecule has 0 aliphatic rings. The Balaban J connectivity index is 2.48. The van der Waals surface area contributed by atoms with Gasteiger partial charge in [-0.2, -0.15) is 0 Å². The number of anilines is 1. The second kappa shape index (κ2) is 6.46. The number of aryl methyl sites for hydroxylation is 1. The Morgan fingerprint density at radius 3 is 2.73 bits per heavy atom. The standard InChI is InChI=1S/C15H20N4O3/c1-9(2)6-7-19-14(13(15(20)21)17-18-19)10-4-5-12(22-3)11(16)8-10/h4-5,8-9H,6-7,16H2,1-3H3,(H,20,21). The van der Waals surface area contributed by atoms with Gasteiger partial charge in [-0.05, 0) is 30.5 Å². The number of benzene rings is 1. The van der Waals surface area contributed by atoms with Crippen LogP contribution >= 0.6 is 0 Å². The third-order valence-electron chi connectivity index (χ3n) is 3.36. The van der Waals surface area contributed by atoms with Crippen LogP contribution in [0.2, 0.25) is 0 Å². The molecule has 7 nitrogen and oxygen atoms in total. The molecule has 0 bridgehead atoms. The van der Waals surface area contributed by atoms with Crippen LogP contribution in [0.25, 0.3) is 11.3 Å². The Morgan fingerprint density at radius 2 is 2.18 bits per heavy atom. The van der Waals surface area contributed by atoms with Crippen LogP contribution in [-0.4, -0.2) is 33.2 Å². The van der Waals surface area contributed by atoms with Crippen molar-refractivity contribution >= 4 is 11.7 Å². The minimum absolute atomic E-state index is 0.0756. The van der Waals surface area contributed by atoms with Gasteiger partial charge in [0.15, 0.2) is 5.69 Å². The molecular formula is C15H20N4O3. The maximum Gasteiger partial charge on any atom is 0.358 e. The van der Waals surface area contributed by atoms with E-state index in [1.54, 1.807) is 22.9 Å². The molecule has 7 heteroatoms. The molecular weight excluding hydrogens is 284 g/mol. The number of carbonyl (C=O) groups is 1. The Labute approximate surface area is 128 Å². The van der Waals surface area contributed by atoms with E-state index in [0.717, 1.165) is 6.42 Å². The highest BCUT2D eigenvalue weighted by Crippen LogP contribution is 2.30. The van der Waals surface area contributed by atoms with Crippen LogP contribution in [-0.2, 0) is 6.54 Å². The van der Waals surface area contributed by atoms with Gasteiger partial charge < -0.3 is 15.6 Å². The first-order valence-electron chi connectivity index (χ1n) is 7.04. The number of methoxy groups -OCH3 is 1. The number of nitrogen functional groups attached to an aromatic ring is 1. The van der Waals surface area contributed by atoms with E-state index < -0.39 is 5.97 Å². The van der Waals surface area contributed by atoms with Crippen LogP contribution in [0.4, 0.5) is 5.69 Å². The van der Waals surface area contributed by atoms with Gasteiger partial charge in [-0.15, -0.1) is 5.10 Å². The van der Waals surface area contributed by atoms with Gasteiger partial charge >= 0.3 is 5.97 Å². The van der Waals surface area contributed by atoms with Crippen molar-refractivity contribution in [2.75, 3.05) is 12.8 Å². The second-order valence-electron chi connectivity index (χ2n) is 5.45. The Morgan fingerprint density at radius 1 is 1.45 bits per heavy atom. The molecule has 0 saturated carbocycles. The Hall–Kier alpha value is -2.57. The van der Waals surface area contributed by atoms with Gasteiger partial charge in [0.1, 0.15) is 11.4 Å². The average Bonchev–Trinajstić information content (AvgIpc) is 2.89. The molecule has 2 aromatic rings. The Bertz CT molecular complexity index is 679. The summed E-state index contributed by atoms with van der Waals surface area (Å²) in [6, 6.07) is 5.14. The first kappa shape index (κ1) is 15.8. The fourth-order valence-corrected chi connectivity index (χ4v) is 2.16. The second-order valence-corrected chi connectivity index (χ2v) is 5.45. The molecule has 118 valence electrons. The molecule has 2 rings (SSSR count). The smallest absolute Gasteiger partial charge is 0.358 e. The van der Waals surface area contributed by atoms with Gasteiger partial charge in [0, 0.05) is 12.1 Å². The van der Waals surface area contributed by atoms with Gasteiger partial charge in [0.2, 0.25) is 0 Å². The van der Waals surface area contributed by atoms with Crippen molar-refractivity contribution in [3.63, 3.8) is 0 Å². The van der Waals surface area contributed by atoms with Gasteiger partial charge in [-0.1, -0.05) is 19.1 Å². The summed E-state index contributed by atoms with van der Waals surface area (Å²) in [5.74, 6) is -0.0896. The molecule has 0 spiro atoms. The number of ether oxygens (including phenoxy) is 1. The van der Waals surface area contributed by atoms with Crippen LogP contribution in [0.1, 0.15) is 30.8 Å². The van der Waals surface area contributed by atoms with Crippen molar-refractivity contribution in [2.24, 2.45) is 5.92 Å². The summed E-state index contributed by atoms with van der Waals surface area (Å²) >= 11 is 0. The number of nitrogens with two attached hydrogens (primary N) is 1. The summed E-state index contributed by atoms with van der Waals surface area (Å²) in [5.41, 5.74) is 7.39. The first-order chi connectivity index (χ1) is 10.4. The highest BCUT2D eigenvalue weighted by Gasteiger charge is 2.21. The van der Waals surface area contributed by atoms with Crippen LogP contribution in [0.3, 0.4) is 0 Å². The fourth-order valence-electron chi connectivity index (χ4n) is 2.16. The highest BCUT2D eigenvalue weighted by molar-refractivity contribution is 5.93. The van der Waals surface area contributed by atoms with Crippen LogP contribution in [0.5, 0.6) is 5.75 Å². The lowest BCUT2D eigenvalue weighted by Crippen LogP contribution is -2.07. The molecule has 0 aliphatic heterocycles. The minimum atomic E-state index is -1.11. The van der Waals surface area contributed by atoms with Gasteiger partial charge in [-0.3, -0.25) is 0 Å². The number of hydrogen-bond donors (Lipinski definition) is 2. The maximum atomic E-state index is 11.4. The van der Waals surface area contributed by atoms with Crippen LogP contribution in [0.15, 0.2) is 18.2 Å². The molecule has 0 atom stereocenters. The zero-order chi connectivity index (χ0) is 16.3. The molecule has 0 saturated heterocycles. The average molecular weight is 304 g/mol. The lowest BCUT2D eigenvalue weighted by Gasteiger charge is -2.11. The van der Waals surface area contributed by atoms with Crippen molar-refractivity contribution in [3.05, 3.63) is 23.9 Å². The number of rotatable bonds is 6. The van der Waals surface area contributed by atoms with E-state index >= 15 is 0 Å². The lowest BCUT2D eigenvalue weighted by molar-refractivity contribution is 0.0691. The summed E-state index contributed by atoms with van der Waals surface area (Å²) in [6.07, 6.45) is 0.876. The van der Waals surface area contributed by atoms with E-state index in [1.165, 1.54) is 7.11 Å². The summed E-state index contributed by atoms with van der Waals surface area (Å²) in [7, 11) is 1.53. The molecule has 3 N–H and O–H groups in total. The van der Waals surface area contributed by atoms with Gasteiger partial charge in [0.05, 0.1) is 12.8 Å². The number of hydrogen-bond acceptors (Lipinski definition) is 5. The number of aromatic carboxylic acids is 1. The zero-order valence-electron chi connectivity index (χ0n) is 12.9. The number of nitrogens with zero attached hydrogens (tertiary/aromatic N) is 3. The van der Waals surface area contributed by atoms with Crippen molar-refractivity contribution in [2.45, 2.75) is 26.8 Å². The molecule has 0 unspecified atom stereocenters. The van der Waals surface area contributed by atoms with Crippen LogP contribution in [0, 0.1) is 5.92 Å². The summed E-state index contributed by atoms with van der Waals surface area (Å²) in [6.45, 7) is 4.79. The molecule has 0 aliphatic carbocycles. The topological polar surface area (TPSA) is 103 Å². The van der Waals surface area contributed by atoms with Crippen molar-refractivity contribution < 1.29 is 14.6 Å². The quantitative estimate of drug-likeness (QED) is 0.793. The summed E-state index contributed by atoms with van der Waals surface area (Å²) in [4.78, 5) is 11.4. The number of carboxylic acids is 1. The van der Waals surface area contributed by atoms with E-state index in [1.807, 2.05) is 0 Å². The number of carboxylic acid groups (broad SMARTS) is 1. The largest absolute Gasteiger partial charge is 0.495 e. The fraction of sp³-hybridized carbons (Fsp3) is 0.400. The molecule has 1 aromatic carbocycles. The van der Waals surface area contributed by atoms with E-state index in [9.17, 15) is 9.90 Å². The third-order valence-corrected chi connectivity index (χ3v) is 3.36. The minimum Gasteiger partial charge on any atom is -0.495 e. The molecule has 1 heterocycles. The van der Waals surface area contributed by atoms with Crippen molar-refractivity contribution in [1.82, 2.24) is 15.0 Å². The monoisotopic (exact) mass is 304 g/mol. The van der Waals surface area contributed by atoms with E-state index in [-0.39, 0.29) is 5.69 Å². The molecule has 0 radical (unpaired) electrons. The molecule has 22 heavy (non-hydrogen) atoms. The van der Waals surface area contributed by atoms with Crippen LogP contribution < -0.4 is 10.5 Å². The summed E-state index contributed by atoms with van der Waals surface area (Å²) in [5, 5.41) is 17.1. The Kier molecular flexibility index (Phi) is 4.65. The third kappa shape index (κ3) is 3.19. The summed E-state index contributed by atoms with van der Waals surface area (Å²) < 4.78 is 6.74. The van der Waals surface area contributed by atoms with Crippen molar-refractivity contribution in [1.29, 1.82) is 0 Å². The maximum absolute atomic E-state index is 11.4. The van der Waals surface area contributed by atoms with Gasteiger partial charge in [-0.25, -0.2) is 9.48 Å². The predicted molar refractivity (Wildman–Crippen MR) is 82.8 cm³/mol. The molecule has 1 aromatic heterocycles. The highest BCUT2D eigenvalue weighted by atomic mass is 16.5. The molecule has 0 amide bonds. The van der Waals surface area contributed by atoms with E-state index in [4.69, 9.17) is 10.5 Å². The number of aromatic nitrogens is 3. The molecule has 0 fully saturated rings. The van der Waals surface area contributed by atoms with E-state index in [2.05, 4.69) is 24.2 Å². The van der Waals surface area contributed by atoms with E-state index in [0.29, 0.717) is 35.2 Å². The zero-order valence-corrected chi connectivity index (χ0v) is 12.9. The van der Waals surface area contributed by atoms with Crippen molar-refractivity contribution in [3.8, 4) is 17.0 Å². The first-order valence-corrected chi connectivity index (χ1v) is 7.04. The lowest BCUT2D eigenvalue weighted by atomic mass is 10.1. The predicted octanol–water partition coefficient (Wildman–Crippen LogP) is 2.28. The normalized spacial score (nSPS) is 10.9.